The Morgan fingerprint density at radius 2 is 2.12 bits per heavy atom. The number of imidazole rings is 1. The van der Waals surface area contributed by atoms with E-state index in [2.05, 4.69) is 53.7 Å². The molecule has 2 aromatic heterocycles. The molecule has 3 nitrogen and oxygen atoms in total. The maximum absolute atomic E-state index is 4.63. The molecule has 0 saturated heterocycles. The Bertz CT molecular complexity index is 550. The molecule has 3 heteroatoms. The van der Waals surface area contributed by atoms with E-state index in [9.17, 15) is 0 Å². The Kier molecular flexibility index (Phi) is 3.18. The molecular formula is C14H19N3. The SMILES string of the molecule is CNc1c(/C=C/C(C)C)nc2cccc(C)n12. The van der Waals surface area contributed by atoms with Crippen molar-refractivity contribution in [2.45, 2.75) is 20.8 Å². The van der Waals surface area contributed by atoms with Crippen LogP contribution in [0.2, 0.25) is 0 Å². The molecule has 0 radical (unpaired) electrons. The third-order valence-corrected chi connectivity index (χ3v) is 2.74. The molecule has 0 fully saturated rings. The summed E-state index contributed by atoms with van der Waals surface area (Å²) in [6.07, 6.45) is 4.25. The second-order valence-electron chi connectivity index (χ2n) is 4.56. The Balaban J connectivity index is 2.60. The number of rotatable bonds is 3. The van der Waals surface area contributed by atoms with E-state index in [0.29, 0.717) is 5.92 Å². The van der Waals surface area contributed by atoms with Gasteiger partial charge >= 0.3 is 0 Å². The number of fused-ring (bicyclic) bond motifs is 1. The zero-order chi connectivity index (χ0) is 12.4. The second kappa shape index (κ2) is 4.62. The van der Waals surface area contributed by atoms with Gasteiger partial charge < -0.3 is 5.32 Å². The largest absolute Gasteiger partial charge is 0.372 e. The summed E-state index contributed by atoms with van der Waals surface area (Å²) < 4.78 is 2.14. The van der Waals surface area contributed by atoms with Crippen LogP contribution in [0.4, 0.5) is 5.82 Å². The van der Waals surface area contributed by atoms with Crippen molar-refractivity contribution in [1.82, 2.24) is 9.38 Å². The van der Waals surface area contributed by atoms with Crippen molar-refractivity contribution >= 4 is 17.5 Å². The van der Waals surface area contributed by atoms with Crippen LogP contribution < -0.4 is 5.32 Å². The van der Waals surface area contributed by atoms with Gasteiger partial charge in [0.15, 0.2) is 0 Å². The molecule has 0 unspecified atom stereocenters. The smallest absolute Gasteiger partial charge is 0.139 e. The highest BCUT2D eigenvalue weighted by Gasteiger charge is 2.09. The maximum Gasteiger partial charge on any atom is 0.139 e. The molecule has 0 aliphatic rings. The summed E-state index contributed by atoms with van der Waals surface area (Å²) >= 11 is 0. The minimum Gasteiger partial charge on any atom is -0.372 e. The lowest BCUT2D eigenvalue weighted by Crippen LogP contribution is -1.98. The minimum absolute atomic E-state index is 0.533. The van der Waals surface area contributed by atoms with Gasteiger partial charge in [0.2, 0.25) is 0 Å². The lowest BCUT2D eigenvalue weighted by atomic mass is 10.2. The number of nitrogens with zero attached hydrogens (tertiary/aromatic N) is 2. The van der Waals surface area contributed by atoms with E-state index >= 15 is 0 Å². The molecule has 1 N–H and O–H groups in total. The van der Waals surface area contributed by atoms with E-state index in [1.54, 1.807) is 0 Å². The number of hydrogen-bond acceptors (Lipinski definition) is 2. The van der Waals surface area contributed by atoms with Gasteiger partial charge in [-0.05, 0) is 31.1 Å². The molecule has 2 heterocycles. The Morgan fingerprint density at radius 3 is 2.76 bits per heavy atom. The molecule has 0 amide bonds. The van der Waals surface area contributed by atoms with E-state index in [4.69, 9.17) is 0 Å². The van der Waals surface area contributed by atoms with Crippen molar-refractivity contribution in [3.05, 3.63) is 35.7 Å². The number of nitrogens with one attached hydrogen (secondary N) is 1. The van der Waals surface area contributed by atoms with E-state index in [1.165, 1.54) is 5.69 Å². The number of hydrogen-bond donors (Lipinski definition) is 1. The van der Waals surface area contributed by atoms with Crippen LogP contribution in [0, 0.1) is 12.8 Å². The van der Waals surface area contributed by atoms with Gasteiger partial charge in [0.25, 0.3) is 0 Å². The van der Waals surface area contributed by atoms with E-state index in [0.717, 1.165) is 17.2 Å². The normalized spacial score (nSPS) is 11.8. The van der Waals surface area contributed by atoms with E-state index in [1.807, 2.05) is 19.2 Å². The van der Waals surface area contributed by atoms with Crippen LogP contribution >= 0.6 is 0 Å². The Morgan fingerprint density at radius 1 is 1.35 bits per heavy atom. The summed E-state index contributed by atoms with van der Waals surface area (Å²) in [4.78, 5) is 4.63. The maximum atomic E-state index is 4.63. The first-order valence-electron chi connectivity index (χ1n) is 5.97. The summed E-state index contributed by atoms with van der Waals surface area (Å²) in [6, 6.07) is 6.15. The number of allylic oxidation sites excluding steroid dienone is 1. The standard InChI is InChI=1S/C14H19N3/c1-10(2)8-9-12-14(15-4)17-11(3)6-5-7-13(17)16-12/h5-10,15H,1-4H3/b9-8+. The number of pyridine rings is 1. The van der Waals surface area contributed by atoms with Crippen LogP contribution in [0.15, 0.2) is 24.3 Å². The third-order valence-electron chi connectivity index (χ3n) is 2.74. The van der Waals surface area contributed by atoms with Crippen LogP contribution in [-0.2, 0) is 0 Å². The van der Waals surface area contributed by atoms with Crippen molar-refractivity contribution in [2.24, 2.45) is 5.92 Å². The molecule has 0 aliphatic carbocycles. The van der Waals surface area contributed by atoms with Gasteiger partial charge in [-0.3, -0.25) is 4.40 Å². The highest BCUT2D eigenvalue weighted by molar-refractivity contribution is 5.67. The lowest BCUT2D eigenvalue weighted by Gasteiger charge is -2.04. The molecule has 0 bridgehead atoms. The number of aromatic nitrogens is 2. The first kappa shape index (κ1) is 11.7. The van der Waals surface area contributed by atoms with E-state index in [-0.39, 0.29) is 0 Å². The lowest BCUT2D eigenvalue weighted by molar-refractivity contribution is 0.836. The van der Waals surface area contributed by atoms with Crippen molar-refractivity contribution in [3.63, 3.8) is 0 Å². The predicted molar refractivity (Wildman–Crippen MR) is 73.3 cm³/mol. The number of anilines is 1. The van der Waals surface area contributed by atoms with Gasteiger partial charge in [0.05, 0.1) is 0 Å². The first-order chi connectivity index (χ1) is 8.13. The van der Waals surface area contributed by atoms with Gasteiger partial charge in [-0.2, -0.15) is 0 Å². The molecule has 0 aliphatic heterocycles. The monoisotopic (exact) mass is 229 g/mol. The number of aryl methyl sites for hydroxylation is 1. The molecule has 90 valence electrons. The quantitative estimate of drug-likeness (QED) is 0.874. The fourth-order valence-corrected chi connectivity index (χ4v) is 1.91. The van der Waals surface area contributed by atoms with Crippen molar-refractivity contribution in [3.8, 4) is 0 Å². The van der Waals surface area contributed by atoms with Gasteiger partial charge in [-0.1, -0.05) is 26.0 Å². The molecular weight excluding hydrogens is 210 g/mol. The summed E-state index contributed by atoms with van der Waals surface area (Å²) in [5.41, 5.74) is 3.16. The fourth-order valence-electron chi connectivity index (χ4n) is 1.91. The van der Waals surface area contributed by atoms with Crippen LogP contribution in [0.1, 0.15) is 25.2 Å². The second-order valence-corrected chi connectivity index (χ2v) is 4.56. The molecule has 0 aromatic carbocycles. The topological polar surface area (TPSA) is 29.3 Å². The molecule has 2 aromatic rings. The molecule has 0 saturated carbocycles. The van der Waals surface area contributed by atoms with Crippen LogP contribution in [-0.4, -0.2) is 16.4 Å². The summed E-state index contributed by atoms with van der Waals surface area (Å²) in [6.45, 7) is 6.42. The summed E-state index contributed by atoms with van der Waals surface area (Å²) in [5, 5.41) is 3.23. The summed E-state index contributed by atoms with van der Waals surface area (Å²) in [7, 11) is 1.93. The first-order valence-corrected chi connectivity index (χ1v) is 5.97. The van der Waals surface area contributed by atoms with Crippen LogP contribution in [0.3, 0.4) is 0 Å². The highest BCUT2D eigenvalue weighted by Crippen LogP contribution is 2.21. The van der Waals surface area contributed by atoms with Crippen LogP contribution in [0.25, 0.3) is 11.7 Å². The summed E-state index contributed by atoms with van der Waals surface area (Å²) in [5.74, 6) is 1.58. The van der Waals surface area contributed by atoms with Crippen LogP contribution in [0.5, 0.6) is 0 Å². The zero-order valence-corrected chi connectivity index (χ0v) is 10.9. The fraction of sp³-hybridized carbons (Fsp3) is 0.357. The highest BCUT2D eigenvalue weighted by atomic mass is 15.1. The van der Waals surface area contributed by atoms with Gasteiger partial charge in [0, 0.05) is 12.7 Å². The Labute approximate surface area is 102 Å². The van der Waals surface area contributed by atoms with Crippen molar-refractivity contribution < 1.29 is 0 Å². The van der Waals surface area contributed by atoms with Crippen molar-refractivity contribution in [2.75, 3.05) is 12.4 Å². The third kappa shape index (κ3) is 2.18. The average molecular weight is 229 g/mol. The average Bonchev–Trinajstić information content (AvgIpc) is 2.65. The van der Waals surface area contributed by atoms with E-state index < -0.39 is 0 Å². The molecule has 17 heavy (non-hydrogen) atoms. The van der Waals surface area contributed by atoms with Crippen molar-refractivity contribution in [1.29, 1.82) is 0 Å². The minimum atomic E-state index is 0.533. The molecule has 0 spiro atoms. The molecule has 2 rings (SSSR count). The van der Waals surface area contributed by atoms with Gasteiger partial charge in [-0.15, -0.1) is 0 Å². The predicted octanol–water partition coefficient (Wildman–Crippen LogP) is 3.35. The molecule has 0 atom stereocenters. The zero-order valence-electron chi connectivity index (χ0n) is 10.9. The van der Waals surface area contributed by atoms with Gasteiger partial charge in [-0.25, -0.2) is 4.98 Å². The van der Waals surface area contributed by atoms with Gasteiger partial charge in [0.1, 0.15) is 17.2 Å². The Hall–Kier alpha value is -1.77.